The van der Waals surface area contributed by atoms with Crippen molar-refractivity contribution in [1.29, 1.82) is 0 Å². The number of piperidine rings is 1. The van der Waals surface area contributed by atoms with E-state index in [-0.39, 0.29) is 23.1 Å². The zero-order chi connectivity index (χ0) is 8.06. The van der Waals surface area contributed by atoms with Crippen molar-refractivity contribution in [2.45, 2.75) is 43.9 Å². The van der Waals surface area contributed by atoms with Crippen LogP contribution in [0.2, 0.25) is 0 Å². The lowest BCUT2D eigenvalue weighted by Gasteiger charge is -2.42. The minimum Gasteiger partial charge on any atom is -1.00 e. The summed E-state index contributed by atoms with van der Waals surface area (Å²) < 4.78 is 1.16. The minimum atomic E-state index is -0.00125. The van der Waals surface area contributed by atoms with Gasteiger partial charge in [0, 0.05) is 25.7 Å². The summed E-state index contributed by atoms with van der Waals surface area (Å²) in [7, 11) is 4.63. The molecular weight excluding hydrogens is 218 g/mol. The van der Waals surface area contributed by atoms with E-state index in [4.69, 9.17) is 0 Å². The summed E-state index contributed by atoms with van der Waals surface area (Å²) >= 11 is 0. The van der Waals surface area contributed by atoms with Crippen molar-refractivity contribution < 1.29 is 26.6 Å². The summed E-state index contributed by atoms with van der Waals surface area (Å²) in [6, 6.07) is 1.48. The van der Waals surface area contributed by atoms with Crippen LogP contribution in [0.4, 0.5) is 0 Å². The predicted molar refractivity (Wildman–Crippen MR) is 44.2 cm³/mol. The van der Waals surface area contributed by atoms with Gasteiger partial charge in [-0.3, -0.25) is 0 Å². The first-order chi connectivity index (χ1) is 5.10. The summed E-state index contributed by atoms with van der Waals surface area (Å²) in [6.45, 7) is 0. The molecule has 0 saturated carbocycles. The van der Waals surface area contributed by atoms with Crippen molar-refractivity contribution in [3.8, 4) is 0 Å². The second-order valence-corrected chi connectivity index (χ2v) is 4.64. The van der Waals surface area contributed by atoms with Gasteiger partial charge in [0.25, 0.3) is 0 Å². The third-order valence-corrected chi connectivity index (χ3v) is 3.80. The van der Waals surface area contributed by atoms with E-state index in [2.05, 4.69) is 14.1 Å². The van der Waals surface area contributed by atoms with Crippen LogP contribution in [0.1, 0.15) is 25.7 Å². The molecule has 0 aliphatic carbocycles. The van der Waals surface area contributed by atoms with Crippen LogP contribution in [0.25, 0.3) is 0 Å². The van der Waals surface area contributed by atoms with Crippen molar-refractivity contribution in [2.24, 2.45) is 0 Å². The average Bonchev–Trinajstić information content (AvgIpc) is 2.19. The smallest absolute Gasteiger partial charge is 0.0915 e. The molecule has 0 aromatic rings. The molecule has 12 heavy (non-hydrogen) atoms. The highest BCUT2D eigenvalue weighted by atomic mass is 79.9. The predicted octanol–water partition coefficient (Wildman–Crippen LogP) is -2.25. The molecule has 2 unspecified atom stereocenters. The second kappa shape index (κ2) is 3.28. The van der Waals surface area contributed by atoms with Crippen LogP contribution in [0.15, 0.2) is 0 Å². The molecule has 2 aliphatic rings. The highest BCUT2D eigenvalue weighted by molar-refractivity contribution is 4.84. The van der Waals surface area contributed by atoms with Gasteiger partial charge in [-0.1, -0.05) is 0 Å². The van der Waals surface area contributed by atoms with E-state index < -0.39 is 0 Å². The largest absolute Gasteiger partial charge is 1.00 e. The third kappa shape index (κ3) is 1.42. The van der Waals surface area contributed by atoms with Gasteiger partial charge >= 0.3 is 0 Å². The Balaban J connectivity index is 0.000000720. The molecule has 3 heteroatoms. The molecule has 2 rings (SSSR count). The Kier molecular flexibility index (Phi) is 2.86. The third-order valence-electron chi connectivity index (χ3n) is 3.80. The first kappa shape index (κ1) is 10.5. The quantitative estimate of drug-likeness (QED) is 0.471. The molecule has 0 spiro atoms. The number of hydrogen-bond acceptors (Lipinski definition) is 1. The Labute approximate surface area is 84.9 Å². The average molecular weight is 236 g/mol. The monoisotopic (exact) mass is 235 g/mol. The lowest BCUT2D eigenvalue weighted by atomic mass is 9.98. The van der Waals surface area contributed by atoms with E-state index in [9.17, 15) is 5.11 Å². The number of fused-ring (bicyclic) bond motifs is 2. The van der Waals surface area contributed by atoms with Crippen LogP contribution in [-0.4, -0.2) is 41.9 Å². The van der Waals surface area contributed by atoms with E-state index in [1.54, 1.807) is 0 Å². The number of aliphatic hydroxyl groups is 1. The summed E-state index contributed by atoms with van der Waals surface area (Å²) in [5.41, 5.74) is 0. The van der Waals surface area contributed by atoms with Gasteiger partial charge < -0.3 is 26.6 Å². The van der Waals surface area contributed by atoms with Gasteiger partial charge in [0.05, 0.1) is 32.3 Å². The maximum Gasteiger partial charge on any atom is 0.0915 e. The molecule has 2 saturated heterocycles. The highest BCUT2D eigenvalue weighted by Gasteiger charge is 2.48. The fourth-order valence-electron chi connectivity index (χ4n) is 2.85. The molecule has 2 fully saturated rings. The van der Waals surface area contributed by atoms with Crippen molar-refractivity contribution in [3.63, 3.8) is 0 Å². The first-order valence-electron chi connectivity index (χ1n) is 4.62. The van der Waals surface area contributed by atoms with Gasteiger partial charge in [-0.15, -0.1) is 0 Å². The molecular formula is C9H18BrNO. The first-order valence-corrected chi connectivity index (χ1v) is 4.62. The fraction of sp³-hybridized carbons (Fsp3) is 1.00. The molecule has 2 atom stereocenters. The molecule has 0 radical (unpaired) electrons. The van der Waals surface area contributed by atoms with Crippen LogP contribution >= 0.6 is 0 Å². The molecule has 0 amide bonds. The molecule has 2 aliphatic heterocycles. The standard InChI is InChI=1S/C9H18NO.BrH/c1-10(2)7-3-4-8(10)6-9(11)5-7;/h7-9,11H,3-6H2,1-2H3;1H/q+1;/p-1. The molecule has 0 aromatic carbocycles. The summed E-state index contributed by atoms with van der Waals surface area (Å²) in [5.74, 6) is 0. The zero-order valence-electron chi connectivity index (χ0n) is 7.83. The number of quaternary nitrogens is 1. The van der Waals surface area contributed by atoms with Crippen molar-refractivity contribution in [3.05, 3.63) is 0 Å². The SMILES string of the molecule is C[N+]1(C)C2CCC1CC(O)C2.[Br-]. The van der Waals surface area contributed by atoms with E-state index in [1.807, 2.05) is 0 Å². The Morgan fingerprint density at radius 1 is 1.08 bits per heavy atom. The van der Waals surface area contributed by atoms with Crippen molar-refractivity contribution in [2.75, 3.05) is 14.1 Å². The number of rotatable bonds is 0. The van der Waals surface area contributed by atoms with Crippen LogP contribution in [-0.2, 0) is 0 Å². The number of hydrogen-bond donors (Lipinski definition) is 1. The number of halogens is 1. The van der Waals surface area contributed by atoms with Crippen molar-refractivity contribution in [1.82, 2.24) is 0 Å². The summed E-state index contributed by atoms with van der Waals surface area (Å²) in [4.78, 5) is 0. The fourth-order valence-corrected chi connectivity index (χ4v) is 2.85. The van der Waals surface area contributed by atoms with Gasteiger partial charge in [0.1, 0.15) is 0 Å². The molecule has 2 bridgehead atoms. The summed E-state index contributed by atoms with van der Waals surface area (Å²) in [6.07, 6.45) is 4.72. The van der Waals surface area contributed by atoms with E-state index >= 15 is 0 Å². The number of nitrogens with zero attached hydrogens (tertiary/aromatic N) is 1. The Morgan fingerprint density at radius 3 is 1.92 bits per heavy atom. The molecule has 2 nitrogen and oxygen atoms in total. The van der Waals surface area contributed by atoms with Gasteiger partial charge in [-0.2, -0.15) is 0 Å². The number of aliphatic hydroxyl groups excluding tert-OH is 1. The lowest BCUT2D eigenvalue weighted by molar-refractivity contribution is -0.931. The molecule has 1 N–H and O–H groups in total. The van der Waals surface area contributed by atoms with E-state index in [0.29, 0.717) is 0 Å². The van der Waals surface area contributed by atoms with E-state index in [0.717, 1.165) is 29.4 Å². The normalized spacial score (nSPS) is 43.8. The second-order valence-electron chi connectivity index (χ2n) is 4.64. The molecule has 72 valence electrons. The molecule has 2 heterocycles. The van der Waals surface area contributed by atoms with Crippen LogP contribution in [0, 0.1) is 0 Å². The van der Waals surface area contributed by atoms with Crippen LogP contribution in [0.3, 0.4) is 0 Å². The van der Waals surface area contributed by atoms with Crippen LogP contribution < -0.4 is 17.0 Å². The van der Waals surface area contributed by atoms with Gasteiger partial charge in [-0.05, 0) is 0 Å². The zero-order valence-corrected chi connectivity index (χ0v) is 9.42. The lowest BCUT2D eigenvalue weighted by Crippen LogP contribution is -3.00. The Bertz CT molecular complexity index is 156. The van der Waals surface area contributed by atoms with E-state index in [1.165, 1.54) is 12.8 Å². The minimum absolute atomic E-state index is 0. The topological polar surface area (TPSA) is 20.2 Å². The Hall–Kier alpha value is 0.400. The summed E-state index contributed by atoms with van der Waals surface area (Å²) in [5, 5.41) is 9.51. The van der Waals surface area contributed by atoms with Gasteiger partial charge in [0.15, 0.2) is 0 Å². The maximum absolute atomic E-state index is 9.51. The van der Waals surface area contributed by atoms with Gasteiger partial charge in [-0.25, -0.2) is 0 Å². The molecule has 0 aromatic heterocycles. The maximum atomic E-state index is 9.51. The highest BCUT2D eigenvalue weighted by Crippen LogP contribution is 2.39. The Morgan fingerprint density at radius 2 is 1.50 bits per heavy atom. The van der Waals surface area contributed by atoms with Gasteiger partial charge in [0.2, 0.25) is 0 Å². The van der Waals surface area contributed by atoms with Crippen LogP contribution in [0.5, 0.6) is 0 Å². The van der Waals surface area contributed by atoms with Crippen molar-refractivity contribution >= 4 is 0 Å².